The maximum absolute atomic E-state index is 13.3. The summed E-state index contributed by atoms with van der Waals surface area (Å²) in [6.45, 7) is 0.602. The molecule has 1 aliphatic heterocycles. The smallest absolute Gasteiger partial charge is 0.330 e. The molecule has 5 rings (SSSR count). The largest absolute Gasteiger partial charge is 0.497 e. The highest BCUT2D eigenvalue weighted by Crippen LogP contribution is 2.51. The van der Waals surface area contributed by atoms with Crippen LogP contribution in [0.1, 0.15) is 35.1 Å². The Hall–Kier alpha value is -4.00. The molecule has 2 aliphatic rings. The van der Waals surface area contributed by atoms with Gasteiger partial charge in [0.1, 0.15) is 11.7 Å². The molecule has 3 aromatic rings. The first-order valence-corrected chi connectivity index (χ1v) is 12.0. The molecule has 1 aliphatic carbocycles. The average molecular weight is 487 g/mol. The predicted octanol–water partition coefficient (Wildman–Crippen LogP) is 4.43. The van der Waals surface area contributed by atoms with Crippen LogP contribution in [0.25, 0.3) is 10.9 Å². The molecule has 0 amide bonds. The van der Waals surface area contributed by atoms with Crippen LogP contribution in [0.5, 0.6) is 5.75 Å². The van der Waals surface area contributed by atoms with Crippen molar-refractivity contribution in [2.75, 3.05) is 21.3 Å². The number of para-hydroxylation sites is 1. The molecule has 0 spiro atoms. The zero-order valence-corrected chi connectivity index (χ0v) is 20.9. The average Bonchev–Trinajstić information content (AvgIpc) is 3.21. The Kier molecular flexibility index (Phi) is 6.31. The third kappa shape index (κ3) is 3.94. The number of carbonyl (C=O) groups excluding carboxylic acids is 2. The van der Waals surface area contributed by atoms with E-state index >= 15 is 0 Å². The molecular weight excluding hydrogens is 456 g/mol. The molecule has 0 saturated carbocycles. The van der Waals surface area contributed by atoms with Gasteiger partial charge in [-0.1, -0.05) is 30.3 Å². The van der Waals surface area contributed by atoms with E-state index < -0.39 is 11.9 Å². The summed E-state index contributed by atoms with van der Waals surface area (Å²) in [6, 6.07) is 16.0. The number of rotatable bonds is 6. The van der Waals surface area contributed by atoms with E-state index in [-0.39, 0.29) is 17.9 Å². The Morgan fingerprint density at radius 3 is 2.47 bits per heavy atom. The van der Waals surface area contributed by atoms with Crippen molar-refractivity contribution < 1.29 is 23.8 Å². The van der Waals surface area contributed by atoms with E-state index in [4.69, 9.17) is 14.2 Å². The third-order valence-corrected chi connectivity index (χ3v) is 7.43. The molecule has 0 saturated heterocycles. The summed E-state index contributed by atoms with van der Waals surface area (Å²) < 4.78 is 17.7. The first-order valence-electron chi connectivity index (χ1n) is 12.0. The normalized spacial score (nSPS) is 20.7. The zero-order valence-electron chi connectivity index (χ0n) is 20.9. The molecule has 0 radical (unpaired) electrons. The third-order valence-electron chi connectivity index (χ3n) is 7.43. The summed E-state index contributed by atoms with van der Waals surface area (Å²) >= 11 is 0. The number of carbonyl (C=O) groups is 2. The van der Waals surface area contributed by atoms with Gasteiger partial charge in [0.25, 0.3) is 0 Å². The van der Waals surface area contributed by atoms with Crippen LogP contribution in [-0.2, 0) is 32.7 Å². The summed E-state index contributed by atoms with van der Waals surface area (Å²) in [5.74, 6) is -0.262. The minimum Gasteiger partial charge on any atom is -0.497 e. The van der Waals surface area contributed by atoms with Crippen molar-refractivity contribution >= 4 is 22.8 Å². The van der Waals surface area contributed by atoms with Gasteiger partial charge < -0.3 is 23.7 Å². The monoisotopic (exact) mass is 486 g/mol. The van der Waals surface area contributed by atoms with Gasteiger partial charge in [-0.2, -0.15) is 0 Å². The molecule has 7 heteroatoms. The Morgan fingerprint density at radius 2 is 1.78 bits per heavy atom. The highest BCUT2D eigenvalue weighted by molar-refractivity contribution is 5.93. The highest BCUT2D eigenvalue weighted by atomic mass is 16.5. The Bertz CT molecular complexity index is 1370. The maximum atomic E-state index is 13.3. The van der Waals surface area contributed by atoms with Crippen LogP contribution in [0, 0.1) is 0 Å². The Morgan fingerprint density at radius 1 is 1.03 bits per heavy atom. The Labute approximate surface area is 210 Å². The molecule has 2 aromatic carbocycles. The van der Waals surface area contributed by atoms with Crippen LogP contribution in [-0.4, -0.2) is 48.8 Å². The second kappa shape index (κ2) is 9.57. The summed E-state index contributed by atoms with van der Waals surface area (Å²) in [5, 5.41) is 1.06. The van der Waals surface area contributed by atoms with Gasteiger partial charge in [-0.05, 0) is 47.4 Å². The van der Waals surface area contributed by atoms with Gasteiger partial charge in [-0.25, -0.2) is 4.79 Å². The standard InChI is InChI=1S/C29H30N2O5/c1-30-23-8-6-5-7-21(23)26-27(29(33)36-4)24-15-22(28(26)30)19(11-14-25(32)35-3)17-31(24)16-18-9-12-20(34-2)13-10-18/h5-14,17,22,24,27H,15-16H2,1-4H3/b14-11+/t22-,24-,27+/m1/s1. The molecule has 0 fully saturated rings. The molecule has 2 bridgehead atoms. The van der Waals surface area contributed by atoms with Crippen LogP contribution in [0.3, 0.4) is 0 Å². The molecule has 36 heavy (non-hydrogen) atoms. The number of aromatic nitrogens is 1. The fourth-order valence-corrected chi connectivity index (χ4v) is 5.77. The van der Waals surface area contributed by atoms with E-state index in [0.29, 0.717) is 6.54 Å². The minimum absolute atomic E-state index is 0.0244. The maximum Gasteiger partial charge on any atom is 0.330 e. The number of allylic oxidation sites excluding steroid dienone is 2. The Balaban J connectivity index is 1.67. The van der Waals surface area contributed by atoms with Gasteiger partial charge in [0.05, 0.1) is 21.3 Å². The van der Waals surface area contributed by atoms with E-state index in [1.807, 2.05) is 49.5 Å². The molecular formula is C29H30N2O5. The van der Waals surface area contributed by atoms with Gasteiger partial charge >= 0.3 is 11.9 Å². The second-order valence-electron chi connectivity index (χ2n) is 9.24. The summed E-state index contributed by atoms with van der Waals surface area (Å²) in [6.07, 6.45) is 6.11. The van der Waals surface area contributed by atoms with Crippen molar-refractivity contribution in [2.45, 2.75) is 30.8 Å². The molecule has 3 atom stereocenters. The van der Waals surface area contributed by atoms with Crippen LogP contribution in [0.4, 0.5) is 0 Å². The van der Waals surface area contributed by atoms with Crippen molar-refractivity contribution in [3.63, 3.8) is 0 Å². The number of benzene rings is 2. The number of nitrogens with zero attached hydrogens (tertiary/aromatic N) is 2. The molecule has 0 unspecified atom stereocenters. The lowest BCUT2D eigenvalue weighted by Gasteiger charge is -2.46. The van der Waals surface area contributed by atoms with Crippen LogP contribution < -0.4 is 4.74 Å². The van der Waals surface area contributed by atoms with Gasteiger partial charge in [0.15, 0.2) is 0 Å². The van der Waals surface area contributed by atoms with Gasteiger partial charge in [-0.3, -0.25) is 4.79 Å². The molecule has 1 aromatic heterocycles. The van der Waals surface area contributed by atoms with Crippen LogP contribution in [0.2, 0.25) is 0 Å². The molecule has 2 heterocycles. The minimum atomic E-state index is -0.437. The van der Waals surface area contributed by atoms with Gasteiger partial charge in [0, 0.05) is 54.4 Å². The summed E-state index contributed by atoms with van der Waals surface area (Å²) in [5.41, 5.74) is 5.27. The molecule has 186 valence electrons. The number of methoxy groups -OCH3 is 3. The van der Waals surface area contributed by atoms with E-state index in [2.05, 4.69) is 27.8 Å². The summed E-state index contributed by atoms with van der Waals surface area (Å²) in [4.78, 5) is 27.5. The lowest BCUT2D eigenvalue weighted by Crippen LogP contribution is -2.46. The van der Waals surface area contributed by atoms with Gasteiger partial charge in [0.2, 0.25) is 0 Å². The van der Waals surface area contributed by atoms with Crippen LogP contribution in [0.15, 0.2) is 72.5 Å². The second-order valence-corrected chi connectivity index (χ2v) is 9.24. The molecule has 7 nitrogen and oxygen atoms in total. The zero-order chi connectivity index (χ0) is 25.4. The topological polar surface area (TPSA) is 70.0 Å². The van der Waals surface area contributed by atoms with Gasteiger partial charge in [-0.15, -0.1) is 0 Å². The lowest BCUT2D eigenvalue weighted by atomic mass is 9.70. The van der Waals surface area contributed by atoms with E-state index in [0.717, 1.165) is 45.5 Å². The van der Waals surface area contributed by atoms with Crippen LogP contribution >= 0.6 is 0 Å². The fraction of sp³-hybridized carbons (Fsp3) is 0.310. The predicted molar refractivity (Wildman–Crippen MR) is 137 cm³/mol. The highest BCUT2D eigenvalue weighted by Gasteiger charge is 2.47. The first kappa shape index (κ1) is 23.7. The number of hydrogen-bond donors (Lipinski definition) is 0. The SMILES string of the molecule is COC(=O)/C=C/C1=CN(Cc2ccc(OC)cc2)[C@@H]2C[C@H]1c1c(c3ccccc3n1C)[C@H]2C(=O)OC. The number of hydrogen-bond acceptors (Lipinski definition) is 6. The van der Waals surface area contributed by atoms with E-state index in [1.165, 1.54) is 20.3 Å². The summed E-state index contributed by atoms with van der Waals surface area (Å²) in [7, 11) is 6.52. The fourth-order valence-electron chi connectivity index (χ4n) is 5.77. The van der Waals surface area contributed by atoms with Crippen molar-refractivity contribution in [3.8, 4) is 5.75 Å². The number of ether oxygens (including phenoxy) is 3. The van der Waals surface area contributed by atoms with E-state index in [1.54, 1.807) is 7.11 Å². The number of esters is 2. The lowest BCUT2D eigenvalue weighted by molar-refractivity contribution is -0.144. The quantitative estimate of drug-likeness (QED) is 0.379. The van der Waals surface area contributed by atoms with Crippen molar-refractivity contribution in [2.24, 2.45) is 7.05 Å². The van der Waals surface area contributed by atoms with Crippen molar-refractivity contribution in [3.05, 3.63) is 89.3 Å². The number of fused-ring (bicyclic) bond motifs is 6. The number of aryl methyl sites for hydroxylation is 1. The van der Waals surface area contributed by atoms with Crippen molar-refractivity contribution in [1.29, 1.82) is 0 Å². The first-order chi connectivity index (χ1) is 17.5. The van der Waals surface area contributed by atoms with E-state index in [9.17, 15) is 9.59 Å². The molecule has 0 N–H and O–H groups in total. The van der Waals surface area contributed by atoms with Crippen molar-refractivity contribution in [1.82, 2.24) is 9.47 Å².